The summed E-state index contributed by atoms with van der Waals surface area (Å²) in [6.45, 7) is 7.35. The fourth-order valence-corrected chi connectivity index (χ4v) is 4.87. The molecule has 6 N–H and O–H groups in total. The van der Waals surface area contributed by atoms with Gasteiger partial charge in [0.15, 0.2) is 5.82 Å². The molecular formula is C30H37ClFN7O. The molecule has 0 bridgehead atoms. The van der Waals surface area contributed by atoms with Gasteiger partial charge in [-0.2, -0.15) is 4.98 Å². The Hall–Kier alpha value is -3.53. The third-order valence-electron chi connectivity index (χ3n) is 6.83. The van der Waals surface area contributed by atoms with Crippen LogP contribution in [-0.4, -0.2) is 39.5 Å². The van der Waals surface area contributed by atoms with E-state index >= 15 is 4.39 Å². The summed E-state index contributed by atoms with van der Waals surface area (Å²) in [5.41, 5.74) is 15.0. The van der Waals surface area contributed by atoms with Gasteiger partial charge < -0.3 is 21.8 Å². The molecule has 2 unspecified atom stereocenters. The minimum Gasteiger partial charge on any atom is -0.388 e. The number of H-pyrrole nitrogens is 1. The van der Waals surface area contributed by atoms with Crippen LogP contribution >= 0.6 is 11.6 Å². The molecule has 4 rings (SSSR count). The normalized spacial score (nSPS) is 13.6. The van der Waals surface area contributed by atoms with Crippen LogP contribution in [0.4, 0.5) is 4.39 Å². The summed E-state index contributed by atoms with van der Waals surface area (Å²) in [4.78, 5) is 24.4. The van der Waals surface area contributed by atoms with Gasteiger partial charge in [0.05, 0.1) is 22.2 Å². The summed E-state index contributed by atoms with van der Waals surface area (Å²) in [7, 11) is 0. The van der Waals surface area contributed by atoms with E-state index in [0.29, 0.717) is 40.4 Å². The molecule has 0 spiro atoms. The van der Waals surface area contributed by atoms with Gasteiger partial charge in [-0.25, -0.2) is 9.18 Å². The molecule has 2 aromatic heterocycles. The van der Waals surface area contributed by atoms with E-state index in [-0.39, 0.29) is 17.1 Å². The molecule has 0 amide bonds. The van der Waals surface area contributed by atoms with E-state index in [2.05, 4.69) is 27.2 Å². The average Bonchev–Trinajstić information content (AvgIpc) is 3.32. The van der Waals surface area contributed by atoms with Crippen molar-refractivity contribution in [2.75, 3.05) is 13.1 Å². The molecule has 40 heavy (non-hydrogen) atoms. The van der Waals surface area contributed by atoms with Crippen molar-refractivity contribution in [2.45, 2.75) is 58.5 Å². The number of nitrogens with one attached hydrogen (secondary N) is 2. The molecular weight excluding hydrogens is 529 g/mol. The molecule has 0 aliphatic rings. The Kier molecular flexibility index (Phi) is 9.73. The van der Waals surface area contributed by atoms with Crippen molar-refractivity contribution in [1.29, 1.82) is 0 Å². The summed E-state index contributed by atoms with van der Waals surface area (Å²) >= 11 is 6.23. The van der Waals surface area contributed by atoms with Crippen LogP contribution < -0.4 is 22.5 Å². The summed E-state index contributed by atoms with van der Waals surface area (Å²) < 4.78 is 16.5. The van der Waals surface area contributed by atoms with Crippen LogP contribution in [-0.2, 0) is 6.42 Å². The molecule has 2 aromatic carbocycles. The molecule has 2 heterocycles. The standard InChI is InChI=1S/C30H37ClFN7O/c1-18(33)6-4-7-21-14-25(28(32)26(31)15-21)27-16-23-17-39(30(40)38-29(23)37-27)24-10-8-22(9-11-24)19(2)35-12-5-13-36-20(3)34/h8-11,14-19,35H,4-7,12-13,33H2,1-3H3,(H2,34,36)(H,37,38,40). The van der Waals surface area contributed by atoms with Gasteiger partial charge in [-0.05, 0) is 94.5 Å². The number of nitrogens with two attached hydrogens (primary N) is 2. The Bertz CT molecular complexity index is 1540. The lowest BCUT2D eigenvalue weighted by Crippen LogP contribution is -2.22. The van der Waals surface area contributed by atoms with Crippen molar-refractivity contribution in [1.82, 2.24) is 19.9 Å². The van der Waals surface area contributed by atoms with Gasteiger partial charge in [0.25, 0.3) is 0 Å². The molecule has 2 atom stereocenters. The van der Waals surface area contributed by atoms with Crippen molar-refractivity contribution in [3.05, 3.63) is 81.1 Å². The maximum Gasteiger partial charge on any atom is 0.354 e. The van der Waals surface area contributed by atoms with Crippen molar-refractivity contribution < 1.29 is 4.39 Å². The second-order valence-corrected chi connectivity index (χ2v) is 10.7. The molecule has 0 radical (unpaired) electrons. The van der Waals surface area contributed by atoms with Gasteiger partial charge >= 0.3 is 5.69 Å². The van der Waals surface area contributed by atoms with E-state index in [1.165, 1.54) is 4.57 Å². The number of fused-ring (bicyclic) bond motifs is 1. The molecule has 8 nitrogen and oxygen atoms in total. The summed E-state index contributed by atoms with van der Waals surface area (Å²) in [5.74, 6) is 0.0804. The van der Waals surface area contributed by atoms with Gasteiger partial charge in [0.2, 0.25) is 0 Å². The first-order valence-corrected chi connectivity index (χ1v) is 14.0. The lowest BCUT2D eigenvalue weighted by Gasteiger charge is -2.15. The number of aromatic nitrogens is 3. The first-order chi connectivity index (χ1) is 19.1. The second-order valence-electron chi connectivity index (χ2n) is 10.3. The number of hydrogen-bond acceptors (Lipinski definition) is 5. The van der Waals surface area contributed by atoms with Crippen molar-refractivity contribution in [3.63, 3.8) is 0 Å². The highest BCUT2D eigenvalue weighted by Crippen LogP contribution is 2.31. The Labute approximate surface area is 238 Å². The molecule has 0 saturated carbocycles. The molecule has 0 aliphatic carbocycles. The number of nitrogens with zero attached hydrogens (tertiary/aromatic N) is 3. The third kappa shape index (κ3) is 7.35. The van der Waals surface area contributed by atoms with Crippen LogP contribution in [0.5, 0.6) is 0 Å². The predicted molar refractivity (Wildman–Crippen MR) is 162 cm³/mol. The highest BCUT2D eigenvalue weighted by molar-refractivity contribution is 6.31. The molecule has 10 heteroatoms. The van der Waals surface area contributed by atoms with Gasteiger partial charge in [-0.15, -0.1) is 0 Å². The zero-order valence-corrected chi connectivity index (χ0v) is 23.9. The Morgan fingerprint density at radius 1 is 1.20 bits per heavy atom. The van der Waals surface area contributed by atoms with E-state index < -0.39 is 11.5 Å². The summed E-state index contributed by atoms with van der Waals surface area (Å²) in [6.07, 6.45) is 5.10. The second kappa shape index (κ2) is 13.2. The lowest BCUT2D eigenvalue weighted by atomic mass is 10.0. The smallest absolute Gasteiger partial charge is 0.354 e. The molecule has 0 aliphatic heterocycles. The highest BCUT2D eigenvalue weighted by atomic mass is 35.5. The summed E-state index contributed by atoms with van der Waals surface area (Å²) in [5, 5.41) is 4.21. The van der Waals surface area contributed by atoms with Gasteiger partial charge in [-0.3, -0.25) is 9.56 Å². The van der Waals surface area contributed by atoms with Crippen molar-refractivity contribution >= 4 is 28.5 Å². The predicted octanol–water partition coefficient (Wildman–Crippen LogP) is 5.26. The number of benzene rings is 2. The Morgan fingerprint density at radius 2 is 1.95 bits per heavy atom. The van der Waals surface area contributed by atoms with E-state index in [4.69, 9.17) is 23.1 Å². The number of amidine groups is 1. The first kappa shape index (κ1) is 29.5. The van der Waals surface area contributed by atoms with Crippen LogP contribution in [0.2, 0.25) is 5.02 Å². The van der Waals surface area contributed by atoms with Gasteiger partial charge in [-0.1, -0.05) is 23.7 Å². The topological polar surface area (TPSA) is 127 Å². The van der Waals surface area contributed by atoms with Gasteiger partial charge in [0.1, 0.15) is 5.65 Å². The van der Waals surface area contributed by atoms with Crippen LogP contribution in [0.15, 0.2) is 58.4 Å². The first-order valence-electron chi connectivity index (χ1n) is 13.6. The number of hydrogen-bond donors (Lipinski definition) is 4. The minimum atomic E-state index is -0.514. The molecule has 4 aromatic rings. The number of aromatic amines is 1. The zero-order chi connectivity index (χ0) is 28.8. The average molecular weight is 566 g/mol. The van der Waals surface area contributed by atoms with E-state index in [9.17, 15) is 4.79 Å². The van der Waals surface area contributed by atoms with Crippen LogP contribution in [0, 0.1) is 5.82 Å². The molecule has 0 fully saturated rings. The van der Waals surface area contributed by atoms with E-state index in [1.807, 2.05) is 31.2 Å². The highest BCUT2D eigenvalue weighted by Gasteiger charge is 2.16. The number of aryl methyl sites for hydroxylation is 1. The number of rotatable bonds is 12. The minimum absolute atomic E-state index is 0.0578. The summed E-state index contributed by atoms with van der Waals surface area (Å²) in [6, 6.07) is 13.2. The fourth-order valence-electron chi connectivity index (χ4n) is 4.63. The Balaban J connectivity index is 1.53. The largest absolute Gasteiger partial charge is 0.388 e. The quantitative estimate of drug-likeness (QED) is 0.106. The Morgan fingerprint density at radius 3 is 2.65 bits per heavy atom. The lowest BCUT2D eigenvalue weighted by molar-refractivity contribution is 0.562. The van der Waals surface area contributed by atoms with Crippen molar-refractivity contribution in [2.24, 2.45) is 16.5 Å². The SMILES string of the molecule is CC(N)=NCCCNC(C)c1ccc(-n2cc3cc(-c4cc(CCCC(C)N)cc(Cl)c4F)[nH]c3nc2=O)cc1. The van der Waals surface area contributed by atoms with E-state index in [0.717, 1.165) is 43.4 Å². The fraction of sp³-hybridized carbons (Fsp3) is 0.367. The van der Waals surface area contributed by atoms with E-state index in [1.54, 1.807) is 31.3 Å². The van der Waals surface area contributed by atoms with Crippen LogP contribution in [0.1, 0.15) is 57.2 Å². The molecule has 0 saturated heterocycles. The van der Waals surface area contributed by atoms with Crippen LogP contribution in [0.25, 0.3) is 28.0 Å². The van der Waals surface area contributed by atoms with Crippen molar-refractivity contribution in [3.8, 4) is 16.9 Å². The number of aliphatic imine (C=N–C) groups is 1. The molecule has 212 valence electrons. The number of halogens is 2. The van der Waals surface area contributed by atoms with Crippen LogP contribution in [0.3, 0.4) is 0 Å². The van der Waals surface area contributed by atoms with Gasteiger partial charge in [0, 0.05) is 35.8 Å². The third-order valence-corrected chi connectivity index (χ3v) is 7.10. The maximum atomic E-state index is 15.0. The monoisotopic (exact) mass is 565 g/mol. The zero-order valence-electron chi connectivity index (χ0n) is 23.2. The maximum absolute atomic E-state index is 15.0.